The Kier molecular flexibility index (Phi) is 7.08. The predicted octanol–water partition coefficient (Wildman–Crippen LogP) is 4.23. The first-order chi connectivity index (χ1) is 18.0. The molecule has 2 aliphatic rings. The van der Waals surface area contributed by atoms with E-state index in [0.29, 0.717) is 24.6 Å². The number of imidazole rings is 1. The molecule has 2 aliphatic heterocycles. The quantitative estimate of drug-likeness (QED) is 0.496. The van der Waals surface area contributed by atoms with Crippen LogP contribution in [-0.4, -0.2) is 54.3 Å². The molecular weight excluding hydrogens is 511 g/mol. The van der Waals surface area contributed by atoms with Gasteiger partial charge in [-0.2, -0.15) is 0 Å². The molecule has 38 heavy (non-hydrogen) atoms. The summed E-state index contributed by atoms with van der Waals surface area (Å²) in [6.07, 6.45) is 6.45. The first-order valence-corrected chi connectivity index (χ1v) is 14.4. The van der Waals surface area contributed by atoms with Crippen molar-refractivity contribution in [3.63, 3.8) is 0 Å². The predicted molar refractivity (Wildman–Crippen MR) is 142 cm³/mol. The van der Waals surface area contributed by atoms with E-state index in [1.54, 1.807) is 28.8 Å². The van der Waals surface area contributed by atoms with Gasteiger partial charge >= 0.3 is 0 Å². The fourth-order valence-corrected chi connectivity index (χ4v) is 5.55. The summed E-state index contributed by atoms with van der Waals surface area (Å²) in [6, 6.07) is 8.24. The van der Waals surface area contributed by atoms with Gasteiger partial charge in [-0.1, -0.05) is 0 Å². The number of ether oxygens (including phenoxy) is 2. The van der Waals surface area contributed by atoms with E-state index in [1.807, 2.05) is 6.07 Å². The van der Waals surface area contributed by atoms with Crippen molar-refractivity contribution in [2.45, 2.75) is 63.3 Å². The van der Waals surface area contributed by atoms with Gasteiger partial charge < -0.3 is 14.4 Å². The second kappa shape index (κ2) is 10.2. The van der Waals surface area contributed by atoms with Gasteiger partial charge in [0.05, 0.1) is 35.9 Å². The Labute approximate surface area is 222 Å². The van der Waals surface area contributed by atoms with Gasteiger partial charge in [-0.15, -0.1) is 0 Å². The van der Waals surface area contributed by atoms with Crippen molar-refractivity contribution >= 4 is 27.3 Å². The summed E-state index contributed by atoms with van der Waals surface area (Å²) in [5, 5.41) is 0. The van der Waals surface area contributed by atoms with Gasteiger partial charge in [0.1, 0.15) is 29.0 Å². The number of hydrogen-bond donors (Lipinski definition) is 1. The number of nitrogens with zero attached hydrogens (tertiary/aromatic N) is 3. The third-order valence-corrected chi connectivity index (χ3v) is 9.20. The van der Waals surface area contributed by atoms with Crippen molar-refractivity contribution in [3.8, 4) is 5.75 Å². The minimum absolute atomic E-state index is 0.0237. The van der Waals surface area contributed by atoms with Crippen LogP contribution in [0.4, 0.5) is 10.1 Å². The van der Waals surface area contributed by atoms with Crippen LogP contribution in [0.1, 0.15) is 68.5 Å². The molecular formula is C27H33FN4O5S. The Balaban J connectivity index is 1.45. The zero-order chi connectivity index (χ0) is 27.1. The topological polar surface area (TPSA) is 102 Å². The van der Waals surface area contributed by atoms with Gasteiger partial charge in [0.2, 0.25) is 10.0 Å². The molecule has 5 rings (SSSR count). The second-order valence-corrected chi connectivity index (χ2v) is 13.2. The third kappa shape index (κ3) is 5.22. The molecule has 0 aliphatic carbocycles. The average Bonchev–Trinajstić information content (AvgIpc) is 3.52. The number of pyridine rings is 1. The van der Waals surface area contributed by atoms with Crippen molar-refractivity contribution in [2.24, 2.45) is 0 Å². The maximum absolute atomic E-state index is 14.4. The molecule has 0 unspecified atom stereocenters. The van der Waals surface area contributed by atoms with Gasteiger partial charge in [0, 0.05) is 31.1 Å². The Bertz CT molecular complexity index is 1440. The van der Waals surface area contributed by atoms with Gasteiger partial charge in [-0.05, 0) is 63.9 Å². The van der Waals surface area contributed by atoms with Gasteiger partial charge in [-0.3, -0.25) is 9.20 Å². The number of carbonyl (C=O) groups excluding carboxylic acids is 1. The minimum Gasteiger partial charge on any atom is -0.490 e. The lowest BCUT2D eigenvalue weighted by Gasteiger charge is -2.30. The standard InChI is InChI=1S/C27H33FN4O5S/c1-27(2,3)38(34,35)30-26(33)23-16-29-25-9-7-19(17-32(23)25)31-12-4-5-22(31)21-15-18(28)6-8-24(21)37-20-10-13-36-14-11-20/h6-9,15-17,20,22H,4-5,10-14H2,1-3H3,(H,30,33)/t22-/m1/s1. The summed E-state index contributed by atoms with van der Waals surface area (Å²) < 4.78 is 53.9. The highest BCUT2D eigenvalue weighted by atomic mass is 32.2. The SMILES string of the molecule is CC(C)(C)S(=O)(=O)NC(=O)c1cnc2ccc(N3CCC[C@@H]3c3cc(F)ccc3OC3CCOCC3)cn12. The van der Waals surface area contributed by atoms with E-state index in [1.165, 1.54) is 33.0 Å². The molecule has 4 heterocycles. The van der Waals surface area contributed by atoms with Gasteiger partial charge in [-0.25, -0.2) is 22.5 Å². The number of sulfonamides is 1. The fourth-order valence-electron chi connectivity index (χ4n) is 4.89. The molecule has 9 nitrogen and oxygen atoms in total. The van der Waals surface area contributed by atoms with E-state index in [9.17, 15) is 17.6 Å². The first-order valence-electron chi connectivity index (χ1n) is 12.9. The van der Waals surface area contributed by atoms with Crippen LogP contribution in [-0.2, 0) is 14.8 Å². The van der Waals surface area contributed by atoms with E-state index in [-0.39, 0.29) is 23.7 Å². The number of fused-ring (bicyclic) bond motifs is 1. The van der Waals surface area contributed by atoms with Crippen LogP contribution in [0, 0.1) is 5.82 Å². The zero-order valence-corrected chi connectivity index (χ0v) is 22.6. The van der Waals surface area contributed by atoms with Gasteiger partial charge in [0.15, 0.2) is 0 Å². The molecule has 204 valence electrons. The van der Waals surface area contributed by atoms with Crippen LogP contribution in [0.5, 0.6) is 5.75 Å². The number of aromatic nitrogens is 2. The molecule has 1 N–H and O–H groups in total. The van der Waals surface area contributed by atoms with Crippen LogP contribution < -0.4 is 14.4 Å². The van der Waals surface area contributed by atoms with Crippen molar-refractivity contribution < 1.29 is 27.1 Å². The highest BCUT2D eigenvalue weighted by Gasteiger charge is 2.33. The Hall–Kier alpha value is -3.18. The summed E-state index contributed by atoms with van der Waals surface area (Å²) in [7, 11) is -3.89. The Morgan fingerprint density at radius 3 is 2.66 bits per heavy atom. The highest BCUT2D eigenvalue weighted by molar-refractivity contribution is 7.91. The van der Waals surface area contributed by atoms with E-state index in [0.717, 1.165) is 43.5 Å². The Morgan fingerprint density at radius 1 is 1.16 bits per heavy atom. The number of nitrogens with one attached hydrogen (secondary N) is 1. The van der Waals surface area contributed by atoms with E-state index < -0.39 is 20.7 Å². The Morgan fingerprint density at radius 2 is 1.92 bits per heavy atom. The number of anilines is 1. The molecule has 1 amide bonds. The molecule has 3 aromatic rings. The van der Waals surface area contributed by atoms with E-state index in [4.69, 9.17) is 9.47 Å². The lowest BCUT2D eigenvalue weighted by molar-refractivity contribution is 0.0250. The molecule has 1 aromatic carbocycles. The lowest BCUT2D eigenvalue weighted by Crippen LogP contribution is -2.42. The van der Waals surface area contributed by atoms with Crippen LogP contribution >= 0.6 is 0 Å². The summed E-state index contributed by atoms with van der Waals surface area (Å²) >= 11 is 0. The molecule has 2 saturated heterocycles. The maximum atomic E-state index is 14.4. The lowest BCUT2D eigenvalue weighted by atomic mass is 10.0. The first kappa shape index (κ1) is 26.4. The molecule has 0 bridgehead atoms. The summed E-state index contributed by atoms with van der Waals surface area (Å²) in [5.74, 6) is -0.401. The fraction of sp³-hybridized carbons (Fsp3) is 0.481. The van der Waals surface area contributed by atoms with Crippen LogP contribution in [0.15, 0.2) is 42.7 Å². The highest BCUT2D eigenvalue weighted by Crippen LogP contribution is 2.41. The van der Waals surface area contributed by atoms with Crippen LogP contribution in [0.3, 0.4) is 0 Å². The number of amides is 1. The van der Waals surface area contributed by atoms with Crippen molar-refractivity contribution in [1.82, 2.24) is 14.1 Å². The molecule has 2 aromatic heterocycles. The summed E-state index contributed by atoms with van der Waals surface area (Å²) in [4.78, 5) is 19.4. The molecule has 0 radical (unpaired) electrons. The zero-order valence-electron chi connectivity index (χ0n) is 21.8. The molecule has 0 spiro atoms. The van der Waals surface area contributed by atoms with Crippen molar-refractivity contribution in [1.29, 1.82) is 0 Å². The number of benzene rings is 1. The third-order valence-electron chi connectivity index (χ3n) is 7.13. The number of halogens is 1. The van der Waals surface area contributed by atoms with E-state index >= 15 is 0 Å². The maximum Gasteiger partial charge on any atom is 0.283 e. The normalized spacial score (nSPS) is 19.2. The van der Waals surface area contributed by atoms with Gasteiger partial charge in [0.25, 0.3) is 5.91 Å². The minimum atomic E-state index is -3.89. The van der Waals surface area contributed by atoms with Crippen molar-refractivity contribution in [3.05, 3.63) is 59.8 Å². The van der Waals surface area contributed by atoms with Crippen LogP contribution in [0.2, 0.25) is 0 Å². The molecule has 2 fully saturated rings. The monoisotopic (exact) mass is 544 g/mol. The molecule has 11 heteroatoms. The number of rotatable bonds is 6. The summed E-state index contributed by atoms with van der Waals surface area (Å²) in [5.41, 5.74) is 2.22. The second-order valence-electron chi connectivity index (χ2n) is 10.8. The number of carbonyl (C=O) groups is 1. The van der Waals surface area contributed by atoms with E-state index in [2.05, 4.69) is 14.6 Å². The average molecular weight is 545 g/mol. The molecule has 0 saturated carbocycles. The summed E-state index contributed by atoms with van der Waals surface area (Å²) in [6.45, 7) is 6.60. The largest absolute Gasteiger partial charge is 0.490 e. The van der Waals surface area contributed by atoms with Crippen molar-refractivity contribution in [2.75, 3.05) is 24.7 Å². The smallest absolute Gasteiger partial charge is 0.283 e. The number of hydrogen-bond acceptors (Lipinski definition) is 7. The van der Waals surface area contributed by atoms with Crippen LogP contribution in [0.25, 0.3) is 5.65 Å². The molecule has 1 atom stereocenters.